The summed E-state index contributed by atoms with van der Waals surface area (Å²) in [4.78, 5) is 34.7. The van der Waals surface area contributed by atoms with E-state index in [4.69, 9.17) is 21.3 Å². The molecule has 4 atom stereocenters. The molecule has 0 spiro atoms. The van der Waals surface area contributed by atoms with Gasteiger partial charge in [0.25, 0.3) is 0 Å². The Labute approximate surface area is 226 Å². The summed E-state index contributed by atoms with van der Waals surface area (Å²) in [6, 6.07) is -2.18. The Morgan fingerprint density at radius 1 is 1.14 bits per heavy atom. The van der Waals surface area contributed by atoms with Crippen LogP contribution in [-0.4, -0.2) is 94.8 Å². The van der Waals surface area contributed by atoms with E-state index in [1.165, 1.54) is 0 Å². The Morgan fingerprint density at radius 2 is 1.69 bits per heavy atom. The predicted molar refractivity (Wildman–Crippen MR) is 133 cm³/mol. The number of nitrogens with zero attached hydrogens (tertiary/aromatic N) is 1. The van der Waals surface area contributed by atoms with Crippen molar-refractivity contribution in [1.82, 2.24) is 4.90 Å². The molecule has 0 fully saturated rings. The van der Waals surface area contributed by atoms with E-state index in [2.05, 4.69) is 0 Å². The number of carboxylic acids is 1. The number of rotatable bonds is 15. The number of aliphatic hydroxyl groups excluding tert-OH is 1. The second kappa shape index (κ2) is 20.6. The zero-order chi connectivity index (χ0) is 25.1. The molecule has 9 nitrogen and oxygen atoms in total. The van der Waals surface area contributed by atoms with E-state index in [9.17, 15) is 32.7 Å². The Kier molecular flexibility index (Phi) is 24.5. The molecule has 16 heteroatoms. The van der Waals surface area contributed by atoms with E-state index in [0.717, 1.165) is 0 Å². The molecule has 0 saturated heterocycles. The topological polar surface area (TPSA) is 156 Å². The molecular weight excluding hydrogens is 558 g/mol. The number of halogens is 5. The Bertz CT molecular complexity index is 625. The first kappa shape index (κ1) is 41.6. The third kappa shape index (κ3) is 18.4. The standard InChI is InChI=1S/C19H34F3N3O6S.2ClH.H2S/c1-12(2)9-15(24)16(27)25(18(30)19(20,21)22)6-4-7-31-10-13(26)11-32(3)8-5-14(23)17(28)29;;;/h12-15,26H,4-11,23-24H2,1-3H3;2*1H;1H2/t13?,14-,15-,32?;;;/m0.../s1. The smallest absolute Gasteiger partial charge is 0.471 e. The number of aliphatic carboxylic acids is 1. The number of carbonyl (C=O) groups is 3. The predicted octanol–water partition coefficient (Wildman–Crippen LogP) is -2.37. The van der Waals surface area contributed by atoms with Crippen molar-refractivity contribution in [3.05, 3.63) is 0 Å². The highest BCUT2D eigenvalue weighted by molar-refractivity contribution is 7.96. The first-order valence-electron chi connectivity index (χ1n) is 10.2. The van der Waals surface area contributed by atoms with Gasteiger partial charge in [-0.15, -0.1) is 12.4 Å². The molecule has 0 heterocycles. The van der Waals surface area contributed by atoms with Crippen molar-refractivity contribution >= 4 is 54.6 Å². The molecule has 0 aromatic carbocycles. The molecule has 0 bridgehead atoms. The van der Waals surface area contributed by atoms with Crippen LogP contribution in [0.25, 0.3) is 0 Å². The molecule has 6 N–H and O–H groups in total. The zero-order valence-corrected chi connectivity index (χ0v) is 23.3. The normalized spacial score (nSPS) is 14.5. The van der Waals surface area contributed by atoms with Gasteiger partial charge in [-0.3, -0.25) is 19.3 Å². The van der Waals surface area contributed by atoms with Crippen molar-refractivity contribution < 1.29 is 54.9 Å². The van der Waals surface area contributed by atoms with Crippen molar-refractivity contribution in [1.29, 1.82) is 0 Å². The van der Waals surface area contributed by atoms with Gasteiger partial charge in [-0.05, 0) is 29.7 Å². The molecule has 0 rings (SSSR count). The average Bonchev–Trinajstić information content (AvgIpc) is 2.66. The minimum Gasteiger partial charge on any atom is -1.00 e. The Balaban J connectivity index is -0.00000160. The van der Waals surface area contributed by atoms with Crippen molar-refractivity contribution in [3.8, 4) is 0 Å². The number of nitrogens with two attached hydrogens (primary N) is 2. The molecule has 2 unspecified atom stereocenters. The van der Waals surface area contributed by atoms with Crippen LogP contribution >= 0.6 is 25.9 Å². The van der Waals surface area contributed by atoms with Crippen LogP contribution in [0, 0.1) is 5.92 Å². The van der Waals surface area contributed by atoms with Gasteiger partial charge in [0.1, 0.15) is 23.7 Å². The zero-order valence-electron chi connectivity index (χ0n) is 19.9. The molecule has 0 aromatic rings. The molecule has 212 valence electrons. The minimum absolute atomic E-state index is 0. The number of aliphatic hydroxyl groups is 1. The fraction of sp³-hybridized carbons (Fsp3) is 0.842. The van der Waals surface area contributed by atoms with Crippen LogP contribution in [-0.2, 0) is 30.0 Å². The lowest BCUT2D eigenvalue weighted by molar-refractivity contribution is -0.188. The number of ether oxygens (including phenoxy) is 1. The first-order valence-corrected chi connectivity index (χ1v) is 12.1. The summed E-state index contributed by atoms with van der Waals surface area (Å²) >= 11 is 0. The number of hydrogen-bond donors (Lipinski definition) is 4. The summed E-state index contributed by atoms with van der Waals surface area (Å²) in [6.07, 6.45) is -3.84. The van der Waals surface area contributed by atoms with Gasteiger partial charge in [-0.25, -0.2) is 0 Å². The summed E-state index contributed by atoms with van der Waals surface area (Å²) in [5, 5.41) is 18.8. The Morgan fingerprint density at radius 3 is 2.14 bits per heavy atom. The van der Waals surface area contributed by atoms with Crippen LogP contribution < -0.4 is 23.9 Å². The highest BCUT2D eigenvalue weighted by Crippen LogP contribution is 2.20. The van der Waals surface area contributed by atoms with Crippen LogP contribution in [0.4, 0.5) is 13.2 Å². The second-order valence-electron chi connectivity index (χ2n) is 8.00. The lowest BCUT2D eigenvalue weighted by Gasteiger charge is -2.25. The molecule has 35 heavy (non-hydrogen) atoms. The fourth-order valence-corrected chi connectivity index (χ4v) is 4.31. The largest absolute Gasteiger partial charge is 1.00 e. The fourth-order valence-electron chi connectivity index (χ4n) is 2.73. The van der Waals surface area contributed by atoms with E-state index in [1.807, 2.05) is 6.26 Å². The molecule has 0 aliphatic rings. The van der Waals surface area contributed by atoms with E-state index < -0.39 is 48.7 Å². The SMILES string of the molecule is CC(C)C[C@H](N)C(=O)N(CCCOCC(O)C[S+](C)CC[C@H](N)C(=O)O)C(=O)C(F)(F)F.Cl.S.[Cl-]. The summed E-state index contributed by atoms with van der Waals surface area (Å²) in [7, 11) is -0.294. The number of imide groups is 1. The van der Waals surface area contributed by atoms with Gasteiger partial charge in [-0.2, -0.15) is 26.7 Å². The van der Waals surface area contributed by atoms with Crippen LogP contribution in [0.5, 0.6) is 0 Å². The monoisotopic (exact) mass is 595 g/mol. The van der Waals surface area contributed by atoms with Crippen molar-refractivity contribution in [2.45, 2.75) is 57.5 Å². The maximum Gasteiger partial charge on any atom is 0.471 e. The van der Waals surface area contributed by atoms with Gasteiger partial charge >= 0.3 is 18.1 Å². The van der Waals surface area contributed by atoms with E-state index in [1.54, 1.807) is 13.8 Å². The quantitative estimate of drug-likeness (QED) is 0.121. The number of alkyl halides is 3. The maximum absolute atomic E-state index is 12.9. The first-order chi connectivity index (χ1) is 14.7. The van der Waals surface area contributed by atoms with Crippen molar-refractivity contribution in [2.24, 2.45) is 17.4 Å². The van der Waals surface area contributed by atoms with E-state index in [-0.39, 0.29) is 92.5 Å². The number of amides is 2. The number of hydrogen-bond acceptors (Lipinski definition) is 7. The molecular formula is C19H38Cl2F3N3O6S2. The van der Waals surface area contributed by atoms with Gasteiger partial charge in [-0.1, -0.05) is 13.8 Å². The molecule has 0 aliphatic carbocycles. The maximum atomic E-state index is 12.9. The highest BCUT2D eigenvalue weighted by Gasteiger charge is 2.45. The van der Waals surface area contributed by atoms with Gasteiger partial charge in [0, 0.05) is 19.6 Å². The number of carbonyl (C=O) groups excluding carboxylic acids is 2. The Hall–Kier alpha value is -0.480. The van der Waals surface area contributed by atoms with Gasteiger partial charge in [0.2, 0.25) is 5.91 Å². The molecule has 2 amide bonds. The average molecular weight is 597 g/mol. The second-order valence-corrected chi connectivity index (χ2v) is 10.3. The lowest BCUT2D eigenvalue weighted by atomic mass is 10.0. The van der Waals surface area contributed by atoms with E-state index in [0.29, 0.717) is 11.5 Å². The van der Waals surface area contributed by atoms with Gasteiger partial charge < -0.3 is 38.8 Å². The molecule has 0 aliphatic heterocycles. The van der Waals surface area contributed by atoms with Crippen molar-refractivity contribution in [3.63, 3.8) is 0 Å². The van der Waals surface area contributed by atoms with Crippen LogP contribution in [0.3, 0.4) is 0 Å². The van der Waals surface area contributed by atoms with Crippen LogP contribution in [0.15, 0.2) is 0 Å². The van der Waals surface area contributed by atoms with Crippen LogP contribution in [0.1, 0.15) is 33.1 Å². The van der Waals surface area contributed by atoms with Gasteiger partial charge in [0.15, 0.2) is 0 Å². The highest BCUT2D eigenvalue weighted by atomic mass is 35.5. The summed E-state index contributed by atoms with van der Waals surface area (Å²) < 4.78 is 43.8. The molecule has 0 saturated carbocycles. The summed E-state index contributed by atoms with van der Waals surface area (Å²) in [5.41, 5.74) is 11.1. The number of carboxylic acid groups (broad SMARTS) is 1. The van der Waals surface area contributed by atoms with Gasteiger partial charge in [0.05, 0.1) is 18.9 Å². The summed E-state index contributed by atoms with van der Waals surface area (Å²) in [5.74, 6) is -3.60. The third-order valence-electron chi connectivity index (χ3n) is 4.35. The molecule has 0 radical (unpaired) electrons. The van der Waals surface area contributed by atoms with Crippen molar-refractivity contribution in [2.75, 3.05) is 37.5 Å². The molecule has 0 aromatic heterocycles. The van der Waals surface area contributed by atoms with E-state index >= 15 is 0 Å². The minimum atomic E-state index is -5.20. The van der Waals surface area contributed by atoms with Crippen LogP contribution in [0.2, 0.25) is 0 Å². The third-order valence-corrected chi connectivity index (χ3v) is 6.23. The lowest BCUT2D eigenvalue weighted by Crippen LogP contribution is -3.00. The summed E-state index contributed by atoms with van der Waals surface area (Å²) in [6.45, 7) is 2.84.